The first-order valence-electron chi connectivity index (χ1n) is 9.72. The van der Waals surface area contributed by atoms with Crippen molar-refractivity contribution in [3.63, 3.8) is 0 Å². The second-order valence-corrected chi connectivity index (χ2v) is 8.09. The molecule has 0 amide bonds. The molecule has 0 radical (unpaired) electrons. The summed E-state index contributed by atoms with van der Waals surface area (Å²) in [6.45, 7) is 7.26. The Hall–Kier alpha value is -1.93. The lowest BCUT2D eigenvalue weighted by molar-refractivity contribution is 0.0938. The van der Waals surface area contributed by atoms with E-state index in [1.165, 1.54) is 16.0 Å². The van der Waals surface area contributed by atoms with E-state index in [0.717, 1.165) is 57.6 Å². The minimum absolute atomic E-state index is 0.816. The molecule has 2 aliphatic rings. The molecule has 0 unspecified atom stereocenters. The molecule has 2 aliphatic heterocycles. The fourth-order valence-corrected chi connectivity index (χ4v) is 4.52. The lowest BCUT2D eigenvalue weighted by atomic mass is 10.2. The van der Waals surface area contributed by atoms with Gasteiger partial charge in [0.25, 0.3) is 0 Å². The van der Waals surface area contributed by atoms with Gasteiger partial charge in [0.1, 0.15) is 5.82 Å². The molecule has 1 fully saturated rings. The Morgan fingerprint density at radius 3 is 2.61 bits per heavy atom. The summed E-state index contributed by atoms with van der Waals surface area (Å²) in [7, 11) is 1.77. The van der Waals surface area contributed by atoms with E-state index in [1.54, 1.807) is 7.11 Å². The summed E-state index contributed by atoms with van der Waals surface area (Å²) in [5.41, 5.74) is 2.54. The molecule has 0 N–H and O–H groups in total. The average molecular weight is 398 g/mol. The van der Waals surface area contributed by atoms with Crippen LogP contribution in [0.2, 0.25) is 0 Å². The highest BCUT2D eigenvalue weighted by atomic mass is 32.2. The van der Waals surface area contributed by atoms with Crippen molar-refractivity contribution in [3.8, 4) is 0 Å². The zero-order valence-electron chi connectivity index (χ0n) is 16.3. The third-order valence-electron chi connectivity index (χ3n) is 5.18. The van der Waals surface area contributed by atoms with Gasteiger partial charge in [-0.3, -0.25) is 14.8 Å². The molecule has 4 heterocycles. The quantitative estimate of drug-likeness (QED) is 0.712. The van der Waals surface area contributed by atoms with Crippen LogP contribution in [-0.2, 0) is 11.3 Å². The molecule has 7 heteroatoms. The van der Waals surface area contributed by atoms with E-state index >= 15 is 0 Å². The lowest BCUT2D eigenvalue weighted by Crippen LogP contribution is -2.46. The van der Waals surface area contributed by atoms with E-state index in [0.29, 0.717) is 0 Å². The van der Waals surface area contributed by atoms with Crippen LogP contribution in [0.25, 0.3) is 4.91 Å². The van der Waals surface area contributed by atoms with Gasteiger partial charge in [-0.25, -0.2) is 4.98 Å². The Morgan fingerprint density at radius 2 is 1.82 bits per heavy atom. The Balaban J connectivity index is 1.36. The topological polar surface area (TPSA) is 44.7 Å². The molecular formula is C21H27N5OS. The number of methoxy groups -OCH3 is 1. The zero-order chi connectivity index (χ0) is 19.2. The first-order chi connectivity index (χ1) is 13.8. The van der Waals surface area contributed by atoms with Crippen LogP contribution in [0.4, 0.5) is 5.82 Å². The fraction of sp³-hybridized carbons (Fsp3) is 0.429. The zero-order valence-corrected chi connectivity index (χ0v) is 17.1. The number of pyridine rings is 2. The third kappa shape index (κ3) is 4.91. The predicted octanol–water partition coefficient (Wildman–Crippen LogP) is 2.75. The van der Waals surface area contributed by atoms with Gasteiger partial charge < -0.3 is 9.64 Å². The smallest absolute Gasteiger partial charge is 0.133 e. The molecule has 0 aromatic carbocycles. The predicted molar refractivity (Wildman–Crippen MR) is 115 cm³/mol. The number of anilines is 1. The Kier molecular flexibility index (Phi) is 6.59. The summed E-state index contributed by atoms with van der Waals surface area (Å²) in [4.78, 5) is 17.2. The molecule has 6 nitrogen and oxygen atoms in total. The number of nitrogens with zero attached hydrogens (tertiary/aromatic N) is 5. The van der Waals surface area contributed by atoms with Gasteiger partial charge in [-0.1, -0.05) is 0 Å². The number of hydrogen-bond donors (Lipinski definition) is 0. The lowest BCUT2D eigenvalue weighted by Gasteiger charge is -2.34. The van der Waals surface area contributed by atoms with Gasteiger partial charge >= 0.3 is 0 Å². The summed E-state index contributed by atoms with van der Waals surface area (Å²) in [5, 5.41) is 0. The molecule has 28 heavy (non-hydrogen) atoms. The molecule has 1 saturated heterocycles. The van der Waals surface area contributed by atoms with Crippen LogP contribution >= 0.6 is 11.8 Å². The van der Waals surface area contributed by atoms with Crippen LogP contribution < -0.4 is 4.90 Å². The molecule has 0 bridgehead atoms. The number of rotatable bonds is 7. The SMILES string of the molecule is COCCN1CCN(Cc2ccnc(N3C=C(c4ccncc4)SC3)c2)CC1. The van der Waals surface area contributed by atoms with Crippen molar-refractivity contribution in [3.05, 3.63) is 60.2 Å². The Morgan fingerprint density at radius 1 is 1.04 bits per heavy atom. The number of aromatic nitrogens is 2. The average Bonchev–Trinajstić information content (AvgIpc) is 3.25. The van der Waals surface area contributed by atoms with Gasteiger partial charge in [-0.15, -0.1) is 11.8 Å². The monoisotopic (exact) mass is 397 g/mol. The maximum absolute atomic E-state index is 5.19. The largest absolute Gasteiger partial charge is 0.383 e. The molecule has 0 saturated carbocycles. The van der Waals surface area contributed by atoms with E-state index in [-0.39, 0.29) is 0 Å². The molecule has 0 aliphatic carbocycles. The first kappa shape index (κ1) is 19.4. The van der Waals surface area contributed by atoms with Crippen LogP contribution in [0.1, 0.15) is 11.1 Å². The normalized spacial score (nSPS) is 18.5. The van der Waals surface area contributed by atoms with E-state index in [1.807, 2.05) is 30.4 Å². The maximum atomic E-state index is 5.19. The Bertz CT molecular complexity index is 792. The van der Waals surface area contributed by atoms with Crippen LogP contribution in [0.5, 0.6) is 0 Å². The standard InChI is InChI=1S/C21H27N5OS/c1-27-13-12-24-8-10-25(11-9-24)15-18-2-7-23-21(14-18)26-16-20(28-17-26)19-3-5-22-6-4-19/h2-7,14,16H,8-13,15,17H2,1H3. The van der Waals surface area contributed by atoms with E-state index < -0.39 is 0 Å². The molecule has 148 valence electrons. The van der Waals surface area contributed by atoms with Gasteiger partial charge in [0, 0.05) is 76.1 Å². The van der Waals surface area contributed by atoms with Crippen molar-refractivity contribution < 1.29 is 4.74 Å². The summed E-state index contributed by atoms with van der Waals surface area (Å²) in [6.07, 6.45) is 7.81. The number of hydrogen-bond acceptors (Lipinski definition) is 7. The van der Waals surface area contributed by atoms with Crippen molar-refractivity contribution in [2.45, 2.75) is 6.54 Å². The van der Waals surface area contributed by atoms with Crippen molar-refractivity contribution >= 4 is 22.5 Å². The fourth-order valence-electron chi connectivity index (χ4n) is 3.53. The second kappa shape index (κ2) is 9.52. The van der Waals surface area contributed by atoms with Crippen LogP contribution in [0.15, 0.2) is 49.1 Å². The maximum Gasteiger partial charge on any atom is 0.133 e. The van der Waals surface area contributed by atoms with Crippen LogP contribution in [0.3, 0.4) is 0 Å². The minimum atomic E-state index is 0.816. The molecule has 2 aromatic heterocycles. The number of thioether (sulfide) groups is 1. The highest BCUT2D eigenvalue weighted by Crippen LogP contribution is 2.35. The van der Waals surface area contributed by atoms with Crippen molar-refractivity contribution in [1.29, 1.82) is 0 Å². The summed E-state index contributed by atoms with van der Waals surface area (Å²) in [5.74, 6) is 1.92. The van der Waals surface area contributed by atoms with E-state index in [2.05, 4.69) is 55.1 Å². The van der Waals surface area contributed by atoms with Gasteiger partial charge in [0.05, 0.1) is 12.5 Å². The second-order valence-electron chi connectivity index (χ2n) is 7.11. The van der Waals surface area contributed by atoms with E-state index in [9.17, 15) is 0 Å². The minimum Gasteiger partial charge on any atom is -0.383 e. The molecular weight excluding hydrogens is 370 g/mol. The van der Waals surface area contributed by atoms with Gasteiger partial charge in [-0.05, 0) is 35.4 Å². The first-order valence-corrected chi connectivity index (χ1v) is 10.7. The van der Waals surface area contributed by atoms with Crippen molar-refractivity contribution in [1.82, 2.24) is 19.8 Å². The molecule has 2 aromatic rings. The van der Waals surface area contributed by atoms with E-state index in [4.69, 9.17) is 4.74 Å². The van der Waals surface area contributed by atoms with Gasteiger partial charge in [0.15, 0.2) is 0 Å². The van der Waals surface area contributed by atoms with Crippen molar-refractivity contribution in [2.24, 2.45) is 0 Å². The molecule has 0 spiro atoms. The van der Waals surface area contributed by atoms with Gasteiger partial charge in [0.2, 0.25) is 0 Å². The summed E-state index contributed by atoms with van der Waals surface area (Å²) < 4.78 is 5.19. The highest BCUT2D eigenvalue weighted by Gasteiger charge is 2.19. The Labute approximate surface area is 171 Å². The van der Waals surface area contributed by atoms with Gasteiger partial charge in [-0.2, -0.15) is 0 Å². The highest BCUT2D eigenvalue weighted by molar-refractivity contribution is 8.08. The molecule has 0 atom stereocenters. The summed E-state index contributed by atoms with van der Waals surface area (Å²) in [6, 6.07) is 8.47. The molecule has 4 rings (SSSR count). The number of ether oxygens (including phenoxy) is 1. The van der Waals surface area contributed by atoms with Crippen LogP contribution in [0, 0.1) is 0 Å². The summed E-state index contributed by atoms with van der Waals surface area (Å²) >= 11 is 1.84. The van der Waals surface area contributed by atoms with Crippen molar-refractivity contribution in [2.75, 3.05) is 57.2 Å². The van der Waals surface area contributed by atoms with Crippen LogP contribution in [-0.4, -0.2) is 72.1 Å². The third-order valence-corrected chi connectivity index (χ3v) is 6.24. The number of piperazine rings is 1.